The Labute approximate surface area is 168 Å². The zero-order valence-corrected chi connectivity index (χ0v) is 16.3. The van der Waals surface area contributed by atoms with Gasteiger partial charge in [0.05, 0.1) is 16.8 Å². The summed E-state index contributed by atoms with van der Waals surface area (Å²) in [7, 11) is 1.77. The lowest BCUT2D eigenvalue weighted by Gasteiger charge is -2.13. The monoisotopic (exact) mass is 417 g/mol. The summed E-state index contributed by atoms with van der Waals surface area (Å²) in [6, 6.07) is 8.53. The van der Waals surface area contributed by atoms with E-state index in [2.05, 4.69) is 42.9 Å². The number of halogens is 1. The minimum Gasteiger partial charge on any atom is -0.321 e. The van der Waals surface area contributed by atoms with Crippen LogP contribution in [-0.2, 0) is 7.05 Å². The van der Waals surface area contributed by atoms with Gasteiger partial charge >= 0.3 is 0 Å². The van der Waals surface area contributed by atoms with Crippen LogP contribution >= 0.6 is 23.4 Å². The maximum absolute atomic E-state index is 11.4. The Hall–Kier alpha value is -3.31. The summed E-state index contributed by atoms with van der Waals surface area (Å²) in [6.45, 7) is 3.96. The molecule has 0 saturated heterocycles. The van der Waals surface area contributed by atoms with Crippen LogP contribution in [0.2, 0.25) is 5.02 Å². The van der Waals surface area contributed by atoms with E-state index >= 15 is 0 Å². The molecule has 0 aliphatic rings. The molecule has 10 nitrogen and oxygen atoms in total. The summed E-state index contributed by atoms with van der Waals surface area (Å²) in [5, 5.41) is 19.1. The van der Waals surface area contributed by atoms with Crippen LogP contribution in [-0.4, -0.2) is 30.8 Å². The fourth-order valence-corrected chi connectivity index (χ4v) is 3.10. The van der Waals surface area contributed by atoms with Gasteiger partial charge in [0.15, 0.2) is 16.8 Å². The van der Waals surface area contributed by atoms with Crippen LogP contribution < -0.4 is 22.3 Å². The van der Waals surface area contributed by atoms with E-state index in [1.54, 1.807) is 29.8 Å². The van der Waals surface area contributed by atoms with Gasteiger partial charge in [0.1, 0.15) is 0 Å². The first-order valence-electron chi connectivity index (χ1n) is 7.85. The topological polar surface area (TPSA) is 139 Å². The molecule has 144 valence electrons. The van der Waals surface area contributed by atoms with Gasteiger partial charge in [0.2, 0.25) is 0 Å². The Bertz CT molecular complexity index is 1090. The van der Waals surface area contributed by atoms with Crippen LogP contribution in [0.25, 0.3) is 11.4 Å². The van der Waals surface area contributed by atoms with Gasteiger partial charge in [-0.1, -0.05) is 24.2 Å². The number of nitrogens with zero attached hydrogens (tertiary/aromatic N) is 5. The van der Waals surface area contributed by atoms with Crippen molar-refractivity contribution in [3.05, 3.63) is 63.4 Å². The van der Waals surface area contributed by atoms with Gasteiger partial charge < -0.3 is 10.4 Å². The van der Waals surface area contributed by atoms with Crippen LogP contribution in [0.1, 0.15) is 0 Å². The molecule has 3 aromatic rings. The normalized spacial score (nSPS) is 11.3. The molecule has 0 unspecified atom stereocenters. The molecular formula is C16H16ClN9OS. The van der Waals surface area contributed by atoms with E-state index in [0.717, 1.165) is 5.69 Å². The second-order valence-corrected chi connectivity index (χ2v) is 6.96. The third-order valence-corrected chi connectivity index (χ3v) is 4.73. The summed E-state index contributed by atoms with van der Waals surface area (Å²) in [5.74, 6) is 6.27. The zero-order chi connectivity index (χ0) is 20.1. The summed E-state index contributed by atoms with van der Waals surface area (Å²) in [6.07, 6.45) is 1.50. The standard InChI is InChI=1S/C16H16ClN9OS/c1-9(14(20-18)23-21-12-5-3-4-11(17)7-12)28-16-25-24-15(26(16)2)10-6-13(27)22-19-8-10/h3-8,21H,1,18H2,2H3,(H,20,23)(H,22,27). The highest BCUT2D eigenvalue weighted by atomic mass is 35.5. The number of rotatable bonds is 6. The third kappa shape index (κ3) is 4.50. The number of thioether (sulfide) groups is 1. The second-order valence-electron chi connectivity index (χ2n) is 5.46. The number of hydrazine groups is 1. The van der Waals surface area contributed by atoms with Crippen molar-refractivity contribution in [2.24, 2.45) is 18.0 Å². The number of benzene rings is 1. The lowest BCUT2D eigenvalue weighted by molar-refractivity contribution is 0.794. The Morgan fingerprint density at radius 3 is 2.93 bits per heavy atom. The summed E-state index contributed by atoms with van der Waals surface area (Å²) >= 11 is 7.17. The average molecular weight is 418 g/mol. The number of aromatic amines is 1. The molecule has 0 fully saturated rings. The van der Waals surface area contributed by atoms with Crippen molar-refractivity contribution in [2.45, 2.75) is 5.16 Å². The molecule has 3 rings (SSSR count). The maximum atomic E-state index is 11.4. The number of hydrogen-bond acceptors (Lipinski definition) is 8. The molecule has 0 spiro atoms. The van der Waals surface area contributed by atoms with Crippen molar-refractivity contribution >= 4 is 34.9 Å². The highest BCUT2D eigenvalue weighted by Crippen LogP contribution is 2.26. The van der Waals surface area contributed by atoms with E-state index in [9.17, 15) is 4.79 Å². The predicted octanol–water partition coefficient (Wildman–Crippen LogP) is 1.71. The van der Waals surface area contributed by atoms with Crippen molar-refractivity contribution in [1.29, 1.82) is 0 Å². The molecule has 0 aliphatic heterocycles. The number of aromatic nitrogens is 5. The number of hydrazone groups is 1. The second kappa shape index (κ2) is 8.59. The largest absolute Gasteiger partial charge is 0.321 e. The summed E-state index contributed by atoms with van der Waals surface area (Å²) in [5.41, 5.74) is 6.78. The summed E-state index contributed by atoms with van der Waals surface area (Å²) < 4.78 is 1.71. The number of H-pyrrole nitrogens is 1. The Morgan fingerprint density at radius 2 is 2.21 bits per heavy atom. The van der Waals surface area contributed by atoms with E-state index in [4.69, 9.17) is 17.4 Å². The van der Waals surface area contributed by atoms with E-state index in [1.807, 2.05) is 6.07 Å². The van der Waals surface area contributed by atoms with E-state index in [-0.39, 0.29) is 5.56 Å². The number of nitrogens with one attached hydrogen (secondary N) is 3. The quantitative estimate of drug-likeness (QED) is 0.156. The Morgan fingerprint density at radius 1 is 1.39 bits per heavy atom. The molecule has 2 heterocycles. The molecule has 0 aliphatic carbocycles. The molecule has 0 bridgehead atoms. The number of nitrogens with two attached hydrogens (primary N) is 1. The number of hydrogen-bond donors (Lipinski definition) is 4. The molecule has 5 N–H and O–H groups in total. The van der Waals surface area contributed by atoms with Crippen molar-refractivity contribution < 1.29 is 0 Å². The van der Waals surface area contributed by atoms with Crippen LogP contribution in [0.5, 0.6) is 0 Å². The Kier molecular flexibility index (Phi) is 5.96. The average Bonchev–Trinajstić information content (AvgIpc) is 3.03. The fraction of sp³-hybridized carbons (Fsp3) is 0.0625. The molecule has 12 heteroatoms. The van der Waals surface area contributed by atoms with Gasteiger partial charge in [-0.05, 0) is 30.0 Å². The molecule has 0 atom stereocenters. The van der Waals surface area contributed by atoms with Gasteiger partial charge in [0, 0.05) is 23.7 Å². The first kappa shape index (κ1) is 19.5. The molecular weight excluding hydrogens is 402 g/mol. The minimum atomic E-state index is -0.326. The Balaban J connectivity index is 1.70. The smallest absolute Gasteiger partial charge is 0.264 e. The number of amidine groups is 1. The van der Waals surface area contributed by atoms with Gasteiger partial charge in [-0.3, -0.25) is 15.6 Å². The highest BCUT2D eigenvalue weighted by molar-refractivity contribution is 8.03. The van der Waals surface area contributed by atoms with Crippen molar-refractivity contribution in [2.75, 3.05) is 5.43 Å². The van der Waals surface area contributed by atoms with Crippen LogP contribution in [0, 0.1) is 0 Å². The number of anilines is 1. The van der Waals surface area contributed by atoms with Crippen LogP contribution in [0.4, 0.5) is 5.69 Å². The van der Waals surface area contributed by atoms with Gasteiger partial charge in [0.25, 0.3) is 5.56 Å². The lowest BCUT2D eigenvalue weighted by Crippen LogP contribution is -2.31. The fourth-order valence-electron chi connectivity index (χ4n) is 2.18. The molecule has 1 aromatic carbocycles. The van der Waals surface area contributed by atoms with Gasteiger partial charge in [-0.25, -0.2) is 5.10 Å². The highest BCUT2D eigenvalue weighted by Gasteiger charge is 2.15. The first-order valence-corrected chi connectivity index (χ1v) is 9.04. The molecule has 0 amide bonds. The third-order valence-electron chi connectivity index (χ3n) is 3.52. The molecule has 0 saturated carbocycles. The summed E-state index contributed by atoms with van der Waals surface area (Å²) in [4.78, 5) is 12.0. The minimum absolute atomic E-state index is 0.312. The van der Waals surface area contributed by atoms with E-state index < -0.39 is 0 Å². The van der Waals surface area contributed by atoms with Crippen LogP contribution in [0.3, 0.4) is 0 Å². The SMILES string of the molecule is C=C(Sc1nnc(-c2cn[nH]c(=O)c2)n1C)/C(=N\N)NNc1cccc(Cl)c1. The maximum Gasteiger partial charge on any atom is 0.264 e. The van der Waals surface area contributed by atoms with Crippen molar-refractivity contribution in [3.63, 3.8) is 0 Å². The lowest BCUT2D eigenvalue weighted by atomic mass is 10.3. The van der Waals surface area contributed by atoms with Crippen molar-refractivity contribution in [3.8, 4) is 11.4 Å². The molecule has 2 aromatic heterocycles. The van der Waals surface area contributed by atoms with Crippen LogP contribution in [0.15, 0.2) is 63.1 Å². The molecule has 28 heavy (non-hydrogen) atoms. The first-order chi connectivity index (χ1) is 13.5. The zero-order valence-electron chi connectivity index (χ0n) is 14.7. The van der Waals surface area contributed by atoms with E-state index in [1.165, 1.54) is 24.0 Å². The van der Waals surface area contributed by atoms with Gasteiger partial charge in [-0.2, -0.15) is 10.2 Å². The molecule has 0 radical (unpaired) electrons. The predicted molar refractivity (Wildman–Crippen MR) is 110 cm³/mol. The van der Waals surface area contributed by atoms with Crippen molar-refractivity contribution in [1.82, 2.24) is 30.4 Å². The van der Waals surface area contributed by atoms with Gasteiger partial charge in [-0.15, -0.1) is 10.2 Å². The van der Waals surface area contributed by atoms with E-state index in [0.29, 0.717) is 32.3 Å².